The molecule has 1 aliphatic rings. The van der Waals surface area contributed by atoms with Gasteiger partial charge in [0.25, 0.3) is 5.91 Å². The highest BCUT2D eigenvalue weighted by molar-refractivity contribution is 6.15. The Hall–Kier alpha value is -2.93. The van der Waals surface area contributed by atoms with E-state index in [0.29, 0.717) is 6.54 Å². The summed E-state index contributed by atoms with van der Waals surface area (Å²) in [6, 6.07) is 7.91. The van der Waals surface area contributed by atoms with Crippen LogP contribution in [0.3, 0.4) is 0 Å². The molecule has 1 atom stereocenters. The molecule has 0 saturated heterocycles. The van der Waals surface area contributed by atoms with E-state index in [4.69, 9.17) is 4.42 Å². The second-order valence-corrected chi connectivity index (χ2v) is 6.45. The molecule has 0 fully saturated rings. The highest BCUT2D eigenvalue weighted by Crippen LogP contribution is 2.39. The summed E-state index contributed by atoms with van der Waals surface area (Å²) in [5.74, 6) is -2.54. The van der Waals surface area contributed by atoms with Gasteiger partial charge in [-0.3, -0.25) is 9.59 Å². The van der Waals surface area contributed by atoms with Gasteiger partial charge in [0, 0.05) is 5.56 Å². The molecule has 0 saturated carbocycles. The van der Waals surface area contributed by atoms with Gasteiger partial charge in [-0.15, -0.1) is 0 Å². The van der Waals surface area contributed by atoms with Crippen molar-refractivity contribution in [1.29, 1.82) is 0 Å². The summed E-state index contributed by atoms with van der Waals surface area (Å²) < 4.78 is 19.6. The lowest BCUT2D eigenvalue weighted by molar-refractivity contribution is -0.857. The number of hydrogen-bond acceptors (Lipinski definition) is 4. The normalized spacial score (nSPS) is 17.5. The lowest BCUT2D eigenvalue weighted by Gasteiger charge is -2.27. The SMILES string of the molecule is C[NH+](C)CCN1C(=O)C(O)=C(C(=O)c2ccco2)[C@H]1c1ccccc1F. The van der Waals surface area contributed by atoms with Gasteiger partial charge >= 0.3 is 0 Å². The Morgan fingerprint density at radius 2 is 2.00 bits per heavy atom. The molecule has 3 rings (SSSR count). The average Bonchev–Trinajstić information content (AvgIpc) is 3.22. The van der Waals surface area contributed by atoms with Gasteiger partial charge in [0.15, 0.2) is 11.5 Å². The first-order valence-electron chi connectivity index (χ1n) is 8.27. The van der Waals surface area contributed by atoms with Crippen molar-refractivity contribution in [3.05, 3.63) is 71.1 Å². The van der Waals surface area contributed by atoms with Crippen molar-refractivity contribution in [1.82, 2.24) is 4.90 Å². The topological polar surface area (TPSA) is 75.2 Å². The summed E-state index contributed by atoms with van der Waals surface area (Å²) in [5.41, 5.74) is -0.00244. The van der Waals surface area contributed by atoms with Crippen LogP contribution in [0.5, 0.6) is 0 Å². The lowest BCUT2D eigenvalue weighted by Crippen LogP contribution is -3.06. The second-order valence-electron chi connectivity index (χ2n) is 6.45. The van der Waals surface area contributed by atoms with E-state index in [1.165, 1.54) is 41.5 Å². The van der Waals surface area contributed by atoms with Crippen LogP contribution in [0.25, 0.3) is 0 Å². The van der Waals surface area contributed by atoms with Crippen molar-refractivity contribution >= 4 is 11.7 Å². The zero-order chi connectivity index (χ0) is 18.8. The Labute approximate surface area is 150 Å². The molecule has 1 amide bonds. The van der Waals surface area contributed by atoms with Gasteiger partial charge in [-0.25, -0.2) is 4.39 Å². The van der Waals surface area contributed by atoms with Gasteiger partial charge in [0.05, 0.1) is 45.1 Å². The average molecular weight is 359 g/mol. The Morgan fingerprint density at radius 3 is 2.62 bits per heavy atom. The Balaban J connectivity index is 2.08. The Morgan fingerprint density at radius 1 is 1.27 bits per heavy atom. The number of benzene rings is 1. The van der Waals surface area contributed by atoms with Crippen molar-refractivity contribution in [3.8, 4) is 0 Å². The molecule has 1 aromatic heterocycles. The van der Waals surface area contributed by atoms with E-state index in [2.05, 4.69) is 0 Å². The molecule has 0 radical (unpaired) electrons. The van der Waals surface area contributed by atoms with E-state index in [1.54, 1.807) is 6.07 Å². The molecule has 6 nitrogen and oxygen atoms in total. The second kappa shape index (κ2) is 7.13. The quantitative estimate of drug-likeness (QED) is 0.759. The number of hydrogen-bond donors (Lipinski definition) is 2. The molecule has 0 bridgehead atoms. The molecule has 1 aromatic carbocycles. The molecule has 0 aliphatic carbocycles. The van der Waals surface area contributed by atoms with Crippen LogP contribution in [0.4, 0.5) is 4.39 Å². The fraction of sp³-hybridized carbons (Fsp3) is 0.263. The number of likely N-dealkylation sites (N-methyl/N-ethyl adjacent to an activating group) is 1. The molecule has 136 valence electrons. The third-order valence-electron chi connectivity index (χ3n) is 4.35. The number of Topliss-reactive ketones (excluding diaryl/α,β-unsaturated/α-hetero) is 1. The summed E-state index contributed by atoms with van der Waals surface area (Å²) in [6.45, 7) is 0.839. The molecule has 2 N–H and O–H groups in total. The lowest BCUT2D eigenvalue weighted by atomic mass is 9.94. The molecular weight excluding hydrogens is 339 g/mol. The van der Waals surface area contributed by atoms with Gasteiger partial charge in [0.1, 0.15) is 5.82 Å². The highest BCUT2D eigenvalue weighted by atomic mass is 19.1. The van der Waals surface area contributed by atoms with Crippen LogP contribution in [0, 0.1) is 5.82 Å². The summed E-state index contributed by atoms with van der Waals surface area (Å²) in [7, 11) is 3.84. The van der Waals surface area contributed by atoms with Gasteiger partial charge in [-0.2, -0.15) is 0 Å². The van der Waals surface area contributed by atoms with E-state index in [1.807, 2.05) is 14.1 Å². The monoisotopic (exact) mass is 359 g/mol. The van der Waals surface area contributed by atoms with E-state index in [-0.39, 0.29) is 23.4 Å². The van der Waals surface area contributed by atoms with Crippen LogP contribution in [-0.4, -0.2) is 48.9 Å². The summed E-state index contributed by atoms with van der Waals surface area (Å²) in [4.78, 5) is 27.8. The largest absolute Gasteiger partial charge is 0.503 e. The van der Waals surface area contributed by atoms with Crippen LogP contribution >= 0.6 is 0 Å². The number of halogens is 1. The minimum Gasteiger partial charge on any atom is -0.503 e. The zero-order valence-corrected chi connectivity index (χ0v) is 14.5. The fourth-order valence-corrected chi connectivity index (χ4v) is 3.02. The number of furan rings is 1. The van der Waals surface area contributed by atoms with Crippen molar-refractivity contribution in [3.63, 3.8) is 0 Å². The zero-order valence-electron chi connectivity index (χ0n) is 14.5. The number of carbonyl (C=O) groups excluding carboxylic acids is 2. The predicted molar refractivity (Wildman–Crippen MR) is 91.2 cm³/mol. The van der Waals surface area contributed by atoms with Gasteiger partial charge in [-0.1, -0.05) is 18.2 Å². The number of nitrogens with one attached hydrogen (secondary N) is 1. The number of amides is 1. The van der Waals surface area contributed by atoms with Crippen molar-refractivity contribution in [2.45, 2.75) is 6.04 Å². The summed E-state index contributed by atoms with van der Waals surface area (Å²) in [5, 5.41) is 10.4. The Kier molecular flexibility index (Phi) is 4.90. The van der Waals surface area contributed by atoms with Crippen LogP contribution < -0.4 is 4.90 Å². The van der Waals surface area contributed by atoms with Crippen LogP contribution in [0.2, 0.25) is 0 Å². The minimum absolute atomic E-state index is 0.0132. The van der Waals surface area contributed by atoms with E-state index < -0.39 is 29.3 Å². The number of quaternary nitrogens is 1. The van der Waals surface area contributed by atoms with E-state index >= 15 is 0 Å². The van der Waals surface area contributed by atoms with Crippen molar-refractivity contribution in [2.75, 3.05) is 27.2 Å². The third kappa shape index (κ3) is 3.13. The Bertz CT molecular complexity index is 858. The van der Waals surface area contributed by atoms with E-state index in [9.17, 15) is 19.1 Å². The first-order chi connectivity index (χ1) is 12.4. The minimum atomic E-state index is -0.999. The molecule has 2 aromatic rings. The molecule has 0 spiro atoms. The predicted octanol–water partition coefficient (Wildman–Crippen LogP) is 1.14. The number of ketones is 1. The number of rotatable bonds is 6. The molecule has 7 heteroatoms. The number of nitrogens with zero attached hydrogens (tertiary/aromatic N) is 1. The van der Waals surface area contributed by atoms with Gasteiger partial charge < -0.3 is 19.3 Å². The molecule has 0 unspecified atom stereocenters. The van der Waals surface area contributed by atoms with Crippen molar-refractivity contribution in [2.24, 2.45) is 0 Å². The maximum absolute atomic E-state index is 14.5. The molecule has 26 heavy (non-hydrogen) atoms. The molecular formula is C19H20FN2O4+. The van der Waals surface area contributed by atoms with Gasteiger partial charge in [-0.05, 0) is 18.2 Å². The van der Waals surface area contributed by atoms with Crippen LogP contribution in [-0.2, 0) is 4.79 Å². The number of carbonyl (C=O) groups is 2. The maximum atomic E-state index is 14.5. The first kappa shape index (κ1) is 17.9. The highest BCUT2D eigenvalue weighted by Gasteiger charge is 2.45. The summed E-state index contributed by atoms with van der Waals surface area (Å²) in [6.07, 6.45) is 1.33. The molecule has 1 aliphatic heterocycles. The number of aliphatic hydroxyl groups is 1. The van der Waals surface area contributed by atoms with E-state index in [0.717, 1.165) is 4.90 Å². The summed E-state index contributed by atoms with van der Waals surface area (Å²) >= 11 is 0. The third-order valence-corrected chi connectivity index (χ3v) is 4.35. The number of aliphatic hydroxyl groups excluding tert-OH is 1. The van der Waals surface area contributed by atoms with Crippen LogP contribution in [0.1, 0.15) is 22.2 Å². The fourth-order valence-electron chi connectivity index (χ4n) is 3.02. The maximum Gasteiger partial charge on any atom is 0.290 e. The van der Waals surface area contributed by atoms with Gasteiger partial charge in [0.2, 0.25) is 5.78 Å². The standard InChI is InChI=1S/C19H19FN2O4/c1-21(2)9-10-22-16(12-6-3-4-7-13(12)20)15(18(24)19(22)25)17(23)14-8-5-11-26-14/h3-8,11,16,24H,9-10H2,1-2H3/p+1/t16-/m1/s1. The van der Waals surface area contributed by atoms with Crippen molar-refractivity contribution < 1.29 is 28.4 Å². The first-order valence-corrected chi connectivity index (χ1v) is 8.27. The smallest absolute Gasteiger partial charge is 0.290 e. The van der Waals surface area contributed by atoms with Crippen LogP contribution in [0.15, 0.2) is 58.4 Å². The molecule has 2 heterocycles.